The number of amides is 1. The third-order valence-corrected chi connectivity index (χ3v) is 6.08. The van der Waals surface area contributed by atoms with Gasteiger partial charge in [-0.15, -0.1) is 16.8 Å². The van der Waals surface area contributed by atoms with Crippen LogP contribution >= 0.6 is 11.8 Å². The molecule has 2 atom stereocenters. The lowest BCUT2D eigenvalue weighted by molar-refractivity contribution is -0.140. The van der Waals surface area contributed by atoms with Gasteiger partial charge < -0.3 is 14.2 Å². The van der Waals surface area contributed by atoms with E-state index in [4.69, 9.17) is 4.74 Å². The molecule has 1 amide bonds. The van der Waals surface area contributed by atoms with Gasteiger partial charge in [0.25, 0.3) is 0 Å². The number of hydrogen-bond donors (Lipinski definition) is 0. The van der Waals surface area contributed by atoms with E-state index >= 15 is 0 Å². The molecular formula is C19H30N4O2S. The molecular weight excluding hydrogens is 348 g/mol. The number of carbonyl (C=O) groups excluding carboxylic acids is 1. The average Bonchev–Trinajstić information content (AvgIpc) is 3.02. The van der Waals surface area contributed by atoms with Crippen molar-refractivity contribution in [3.8, 4) is 0 Å². The van der Waals surface area contributed by atoms with Gasteiger partial charge in [0.2, 0.25) is 5.91 Å². The molecule has 0 bridgehead atoms. The minimum atomic E-state index is 0.0926. The number of nitrogens with zero attached hydrogens (tertiary/aromatic N) is 4. The van der Waals surface area contributed by atoms with E-state index in [0.29, 0.717) is 31.3 Å². The maximum absolute atomic E-state index is 12.6. The van der Waals surface area contributed by atoms with Crippen molar-refractivity contribution < 1.29 is 9.53 Å². The molecule has 0 radical (unpaired) electrons. The van der Waals surface area contributed by atoms with Crippen LogP contribution in [0.15, 0.2) is 17.8 Å². The van der Waals surface area contributed by atoms with Crippen LogP contribution in [-0.4, -0.2) is 56.6 Å². The lowest BCUT2D eigenvalue weighted by atomic mass is 9.89. The molecule has 6 nitrogen and oxygen atoms in total. The second kappa shape index (κ2) is 9.04. The van der Waals surface area contributed by atoms with Crippen molar-refractivity contribution in [2.45, 2.75) is 75.8 Å². The van der Waals surface area contributed by atoms with E-state index in [1.165, 1.54) is 43.9 Å². The van der Waals surface area contributed by atoms with Gasteiger partial charge in [-0.2, -0.15) is 0 Å². The Bertz CT molecular complexity index is 617. The van der Waals surface area contributed by atoms with Gasteiger partial charge in [0.05, 0.1) is 18.0 Å². The molecule has 1 aromatic rings. The Hall–Kier alpha value is -1.34. The standard InChI is InChI=1S/C19H30N4O2S/c1-4-10-23-18(16-8-6-5-7-9-16)20-21-19(23)26-13-17(24)22-11-14(2)25-15(3)12-22/h4,14-16H,1,5-13H2,2-3H3/t14-,15-/m1/s1. The first kappa shape index (κ1) is 19.4. The molecule has 144 valence electrons. The number of morpholine rings is 1. The van der Waals surface area contributed by atoms with E-state index in [0.717, 1.165) is 11.0 Å². The zero-order chi connectivity index (χ0) is 18.5. The van der Waals surface area contributed by atoms with E-state index in [2.05, 4.69) is 21.3 Å². The first-order chi connectivity index (χ1) is 12.6. The van der Waals surface area contributed by atoms with E-state index in [1.54, 1.807) is 0 Å². The van der Waals surface area contributed by atoms with Crippen molar-refractivity contribution >= 4 is 17.7 Å². The molecule has 0 unspecified atom stereocenters. The fourth-order valence-electron chi connectivity index (χ4n) is 3.97. The van der Waals surface area contributed by atoms with Crippen LogP contribution < -0.4 is 0 Å². The monoisotopic (exact) mass is 378 g/mol. The van der Waals surface area contributed by atoms with Crippen molar-refractivity contribution in [3.63, 3.8) is 0 Å². The summed E-state index contributed by atoms with van der Waals surface area (Å²) < 4.78 is 7.86. The van der Waals surface area contributed by atoms with Gasteiger partial charge in [-0.3, -0.25) is 4.79 Å². The Morgan fingerprint density at radius 2 is 1.92 bits per heavy atom. The summed E-state index contributed by atoms with van der Waals surface area (Å²) in [6.07, 6.45) is 8.28. The third kappa shape index (κ3) is 4.68. The highest BCUT2D eigenvalue weighted by Gasteiger charge is 2.27. The molecule has 2 heterocycles. The van der Waals surface area contributed by atoms with Crippen molar-refractivity contribution in [1.82, 2.24) is 19.7 Å². The summed E-state index contributed by atoms with van der Waals surface area (Å²) in [6, 6.07) is 0. The SMILES string of the molecule is C=CCn1c(SCC(=O)N2C[C@@H](C)O[C@H](C)C2)nnc1C1CCCCC1. The number of hydrogen-bond acceptors (Lipinski definition) is 5. The van der Waals surface area contributed by atoms with Gasteiger partial charge in [-0.1, -0.05) is 37.1 Å². The molecule has 1 aromatic heterocycles. The quantitative estimate of drug-likeness (QED) is 0.562. The van der Waals surface area contributed by atoms with Crippen molar-refractivity contribution in [3.05, 3.63) is 18.5 Å². The van der Waals surface area contributed by atoms with Crippen LogP contribution in [0.3, 0.4) is 0 Å². The highest BCUT2D eigenvalue weighted by molar-refractivity contribution is 7.99. The summed E-state index contributed by atoms with van der Waals surface area (Å²) in [5, 5.41) is 9.69. The Kier molecular flexibility index (Phi) is 6.75. The molecule has 2 fully saturated rings. The molecule has 26 heavy (non-hydrogen) atoms. The molecule has 0 spiro atoms. The van der Waals surface area contributed by atoms with E-state index < -0.39 is 0 Å². The van der Waals surface area contributed by atoms with Gasteiger partial charge in [-0.25, -0.2) is 0 Å². The van der Waals surface area contributed by atoms with Crippen molar-refractivity contribution in [1.29, 1.82) is 0 Å². The maximum Gasteiger partial charge on any atom is 0.233 e. The number of allylic oxidation sites excluding steroid dienone is 1. The average molecular weight is 379 g/mol. The summed E-state index contributed by atoms with van der Waals surface area (Å²) in [4.78, 5) is 14.5. The minimum Gasteiger partial charge on any atom is -0.372 e. The predicted molar refractivity (Wildman–Crippen MR) is 103 cm³/mol. The Morgan fingerprint density at radius 3 is 2.58 bits per heavy atom. The lowest BCUT2D eigenvalue weighted by Gasteiger charge is -2.35. The van der Waals surface area contributed by atoms with E-state index in [-0.39, 0.29) is 18.1 Å². The summed E-state index contributed by atoms with van der Waals surface area (Å²) in [6.45, 7) is 9.92. The minimum absolute atomic E-state index is 0.0926. The van der Waals surface area contributed by atoms with Gasteiger partial charge in [0, 0.05) is 25.6 Å². The van der Waals surface area contributed by atoms with E-state index in [9.17, 15) is 4.79 Å². The molecule has 1 aliphatic carbocycles. The molecule has 0 aromatic carbocycles. The molecule has 1 aliphatic heterocycles. The number of rotatable bonds is 6. The summed E-state index contributed by atoms with van der Waals surface area (Å²) in [5.74, 6) is 2.08. The lowest BCUT2D eigenvalue weighted by Crippen LogP contribution is -2.48. The van der Waals surface area contributed by atoms with Gasteiger partial charge >= 0.3 is 0 Å². The highest BCUT2D eigenvalue weighted by Crippen LogP contribution is 2.33. The number of thioether (sulfide) groups is 1. The van der Waals surface area contributed by atoms with Crippen LogP contribution in [0, 0.1) is 0 Å². The molecule has 2 aliphatic rings. The molecule has 3 rings (SSSR count). The van der Waals surface area contributed by atoms with Crippen LogP contribution in [0.4, 0.5) is 0 Å². The zero-order valence-electron chi connectivity index (χ0n) is 15.9. The second-order valence-electron chi connectivity index (χ2n) is 7.42. The van der Waals surface area contributed by atoms with Crippen LogP contribution in [0.1, 0.15) is 57.7 Å². The van der Waals surface area contributed by atoms with Gasteiger partial charge in [-0.05, 0) is 26.7 Å². The Morgan fingerprint density at radius 1 is 1.23 bits per heavy atom. The van der Waals surface area contributed by atoms with Crippen LogP contribution in [-0.2, 0) is 16.1 Å². The number of ether oxygens (including phenoxy) is 1. The summed E-state index contributed by atoms with van der Waals surface area (Å²) in [7, 11) is 0. The third-order valence-electron chi connectivity index (χ3n) is 5.12. The highest BCUT2D eigenvalue weighted by atomic mass is 32.2. The Balaban J connectivity index is 1.64. The molecule has 0 N–H and O–H groups in total. The van der Waals surface area contributed by atoms with Crippen LogP contribution in [0.25, 0.3) is 0 Å². The number of aromatic nitrogens is 3. The van der Waals surface area contributed by atoms with Crippen molar-refractivity contribution in [2.75, 3.05) is 18.8 Å². The van der Waals surface area contributed by atoms with Crippen LogP contribution in [0.5, 0.6) is 0 Å². The summed E-state index contributed by atoms with van der Waals surface area (Å²) in [5.41, 5.74) is 0. The van der Waals surface area contributed by atoms with Crippen molar-refractivity contribution in [2.24, 2.45) is 0 Å². The molecule has 7 heteroatoms. The zero-order valence-corrected chi connectivity index (χ0v) is 16.7. The van der Waals surface area contributed by atoms with Gasteiger partial charge in [0.1, 0.15) is 5.82 Å². The first-order valence-corrected chi connectivity index (χ1v) is 10.7. The molecule has 1 saturated heterocycles. The normalized spacial score (nSPS) is 24.6. The van der Waals surface area contributed by atoms with Gasteiger partial charge in [0.15, 0.2) is 5.16 Å². The van der Waals surface area contributed by atoms with E-state index in [1.807, 2.05) is 24.8 Å². The fraction of sp³-hybridized carbons (Fsp3) is 0.737. The second-order valence-corrected chi connectivity index (χ2v) is 8.36. The molecule has 1 saturated carbocycles. The first-order valence-electron chi connectivity index (χ1n) is 9.68. The van der Waals surface area contributed by atoms with Crippen LogP contribution in [0.2, 0.25) is 0 Å². The Labute approximate surface area is 160 Å². The largest absolute Gasteiger partial charge is 0.372 e. The number of carbonyl (C=O) groups is 1. The predicted octanol–water partition coefficient (Wildman–Crippen LogP) is 3.24. The maximum atomic E-state index is 12.6. The topological polar surface area (TPSA) is 60.2 Å². The summed E-state index contributed by atoms with van der Waals surface area (Å²) >= 11 is 1.49. The smallest absolute Gasteiger partial charge is 0.233 e. The fourth-order valence-corrected chi connectivity index (χ4v) is 4.83.